The number of carbonyl (C=O) groups is 2. The fourth-order valence-electron chi connectivity index (χ4n) is 3.17. The Kier molecular flexibility index (Phi) is 5.07. The van der Waals surface area contributed by atoms with Gasteiger partial charge in [-0.05, 0) is 17.7 Å². The fraction of sp³-hybridized carbons (Fsp3) is 0.368. The lowest BCUT2D eigenvalue weighted by atomic mass is 10.1. The van der Waals surface area contributed by atoms with E-state index in [0.29, 0.717) is 37.7 Å². The number of amides is 2. The number of hydrogen-bond acceptors (Lipinski definition) is 4. The van der Waals surface area contributed by atoms with Gasteiger partial charge >= 0.3 is 0 Å². The zero-order valence-electron chi connectivity index (χ0n) is 14.1. The Morgan fingerprint density at radius 2 is 1.96 bits per heavy atom. The highest BCUT2D eigenvalue weighted by molar-refractivity contribution is 5.89. The zero-order chi connectivity index (χ0) is 17.8. The Bertz CT molecular complexity index is 691. The Morgan fingerprint density at radius 1 is 1.24 bits per heavy atom. The topological polar surface area (TPSA) is 59.1 Å². The van der Waals surface area contributed by atoms with Crippen LogP contribution < -0.4 is 9.47 Å². The molecule has 25 heavy (non-hydrogen) atoms. The van der Waals surface area contributed by atoms with Crippen LogP contribution in [0.2, 0.25) is 0 Å². The average Bonchev–Trinajstić information content (AvgIpc) is 3.20. The van der Waals surface area contributed by atoms with Gasteiger partial charge < -0.3 is 19.3 Å². The van der Waals surface area contributed by atoms with Crippen molar-refractivity contribution in [3.63, 3.8) is 0 Å². The van der Waals surface area contributed by atoms with E-state index in [4.69, 9.17) is 9.47 Å². The van der Waals surface area contributed by atoms with Gasteiger partial charge in [0.05, 0.1) is 5.92 Å². The molecule has 1 fully saturated rings. The van der Waals surface area contributed by atoms with Gasteiger partial charge in [-0.2, -0.15) is 0 Å². The minimum atomic E-state index is -0.318. The third-order valence-electron chi connectivity index (χ3n) is 4.38. The van der Waals surface area contributed by atoms with Gasteiger partial charge in [-0.15, -0.1) is 13.2 Å². The van der Waals surface area contributed by atoms with Crippen LogP contribution in [0.1, 0.15) is 12.0 Å². The number of carbonyl (C=O) groups excluding carboxylic acids is 2. The lowest BCUT2D eigenvalue weighted by Gasteiger charge is -2.23. The molecule has 0 aliphatic carbocycles. The van der Waals surface area contributed by atoms with Gasteiger partial charge in [-0.3, -0.25) is 9.59 Å². The molecule has 132 valence electrons. The summed E-state index contributed by atoms with van der Waals surface area (Å²) >= 11 is 0. The normalized spacial score (nSPS) is 18.3. The van der Waals surface area contributed by atoms with Gasteiger partial charge in [0.15, 0.2) is 11.5 Å². The first-order valence-corrected chi connectivity index (χ1v) is 8.29. The van der Waals surface area contributed by atoms with Crippen molar-refractivity contribution >= 4 is 11.8 Å². The maximum Gasteiger partial charge on any atom is 0.231 e. The number of nitrogens with zero attached hydrogens (tertiary/aromatic N) is 2. The van der Waals surface area contributed by atoms with E-state index in [9.17, 15) is 9.59 Å². The summed E-state index contributed by atoms with van der Waals surface area (Å²) in [6.07, 6.45) is 3.61. The van der Waals surface area contributed by atoms with Crippen LogP contribution in [0.4, 0.5) is 0 Å². The number of likely N-dealkylation sites (tertiary alicyclic amines) is 1. The van der Waals surface area contributed by atoms with Crippen molar-refractivity contribution in [3.05, 3.63) is 49.1 Å². The third kappa shape index (κ3) is 3.68. The summed E-state index contributed by atoms with van der Waals surface area (Å²) in [5.74, 6) is 1.06. The highest BCUT2D eigenvalue weighted by Gasteiger charge is 2.36. The number of fused-ring (bicyclic) bond motifs is 1. The van der Waals surface area contributed by atoms with Crippen LogP contribution >= 0.6 is 0 Å². The maximum atomic E-state index is 12.6. The molecule has 1 aromatic carbocycles. The second kappa shape index (κ2) is 7.42. The number of rotatable bonds is 7. The van der Waals surface area contributed by atoms with Gasteiger partial charge in [0.25, 0.3) is 0 Å². The van der Waals surface area contributed by atoms with Crippen LogP contribution in [0.5, 0.6) is 11.5 Å². The van der Waals surface area contributed by atoms with E-state index in [1.165, 1.54) is 0 Å². The molecule has 0 N–H and O–H groups in total. The van der Waals surface area contributed by atoms with Crippen LogP contribution in [0.15, 0.2) is 43.5 Å². The largest absolute Gasteiger partial charge is 0.454 e. The summed E-state index contributed by atoms with van der Waals surface area (Å²) in [6.45, 7) is 9.38. The predicted octanol–water partition coefficient (Wildman–Crippen LogP) is 1.96. The summed E-state index contributed by atoms with van der Waals surface area (Å²) in [7, 11) is 0. The first kappa shape index (κ1) is 17.1. The van der Waals surface area contributed by atoms with Crippen molar-refractivity contribution in [1.29, 1.82) is 0 Å². The number of ether oxygens (including phenoxy) is 2. The van der Waals surface area contributed by atoms with Crippen LogP contribution in [-0.2, 0) is 16.1 Å². The molecule has 0 spiro atoms. The smallest absolute Gasteiger partial charge is 0.231 e. The van der Waals surface area contributed by atoms with E-state index in [0.717, 1.165) is 5.56 Å². The lowest BCUT2D eigenvalue weighted by Crippen LogP contribution is -2.37. The standard InChI is InChI=1S/C19H22N2O4/c1-3-7-20(8-4-2)19(23)15-10-18(22)21(12-15)11-14-5-6-16-17(9-14)25-13-24-16/h3-6,9,15H,1-2,7-8,10-13H2. The lowest BCUT2D eigenvalue weighted by molar-refractivity contribution is -0.134. The van der Waals surface area contributed by atoms with Crippen LogP contribution in [0.25, 0.3) is 0 Å². The maximum absolute atomic E-state index is 12.6. The highest BCUT2D eigenvalue weighted by Crippen LogP contribution is 2.33. The van der Waals surface area contributed by atoms with Crippen molar-refractivity contribution in [2.24, 2.45) is 5.92 Å². The molecular formula is C19H22N2O4. The molecule has 6 heteroatoms. The molecule has 3 rings (SSSR count). The molecular weight excluding hydrogens is 320 g/mol. The van der Waals surface area contributed by atoms with Crippen molar-refractivity contribution in [2.75, 3.05) is 26.4 Å². The van der Waals surface area contributed by atoms with Gasteiger partial charge in [-0.1, -0.05) is 18.2 Å². The van der Waals surface area contributed by atoms with E-state index in [1.54, 1.807) is 22.0 Å². The molecule has 2 aliphatic heterocycles. The van der Waals surface area contributed by atoms with Crippen molar-refractivity contribution < 1.29 is 19.1 Å². The minimum absolute atomic E-state index is 0.00632. The minimum Gasteiger partial charge on any atom is -0.454 e. The second-order valence-electron chi connectivity index (χ2n) is 6.18. The van der Waals surface area contributed by atoms with Crippen molar-refractivity contribution in [2.45, 2.75) is 13.0 Å². The zero-order valence-corrected chi connectivity index (χ0v) is 14.1. The molecule has 2 heterocycles. The average molecular weight is 342 g/mol. The SMILES string of the molecule is C=CCN(CC=C)C(=O)C1CC(=O)N(Cc2ccc3c(c2)OCO3)C1. The van der Waals surface area contributed by atoms with Gasteiger partial charge in [0, 0.05) is 32.6 Å². The first-order chi connectivity index (χ1) is 12.1. The number of hydrogen-bond donors (Lipinski definition) is 0. The highest BCUT2D eigenvalue weighted by atomic mass is 16.7. The van der Waals surface area contributed by atoms with E-state index in [2.05, 4.69) is 13.2 Å². The molecule has 1 saturated heterocycles. The monoisotopic (exact) mass is 342 g/mol. The van der Waals surface area contributed by atoms with Gasteiger partial charge in [0.1, 0.15) is 0 Å². The molecule has 0 aromatic heterocycles. The Labute approximate surface area is 147 Å². The molecule has 0 radical (unpaired) electrons. The molecule has 1 atom stereocenters. The van der Waals surface area contributed by atoms with E-state index in [-0.39, 0.29) is 30.9 Å². The summed E-state index contributed by atoms with van der Waals surface area (Å²) in [4.78, 5) is 28.4. The summed E-state index contributed by atoms with van der Waals surface area (Å²) in [6, 6.07) is 5.64. The van der Waals surface area contributed by atoms with Crippen molar-refractivity contribution in [3.8, 4) is 11.5 Å². The molecule has 2 aliphatic rings. The Balaban J connectivity index is 1.64. The molecule has 6 nitrogen and oxygen atoms in total. The molecule has 1 unspecified atom stereocenters. The van der Waals surface area contributed by atoms with Gasteiger partial charge in [-0.25, -0.2) is 0 Å². The van der Waals surface area contributed by atoms with Crippen molar-refractivity contribution in [1.82, 2.24) is 9.80 Å². The quantitative estimate of drug-likeness (QED) is 0.711. The predicted molar refractivity (Wildman–Crippen MR) is 93.1 cm³/mol. The van der Waals surface area contributed by atoms with E-state index >= 15 is 0 Å². The van der Waals surface area contributed by atoms with Crippen LogP contribution in [0.3, 0.4) is 0 Å². The van der Waals surface area contributed by atoms with E-state index < -0.39 is 0 Å². The fourth-order valence-corrected chi connectivity index (χ4v) is 3.17. The van der Waals surface area contributed by atoms with Crippen LogP contribution in [-0.4, -0.2) is 48.0 Å². The van der Waals surface area contributed by atoms with Crippen LogP contribution in [0, 0.1) is 5.92 Å². The number of benzene rings is 1. The molecule has 0 bridgehead atoms. The Hall–Kier alpha value is -2.76. The summed E-state index contributed by atoms with van der Waals surface area (Å²) in [5, 5.41) is 0. The Morgan fingerprint density at radius 3 is 2.68 bits per heavy atom. The molecule has 1 aromatic rings. The van der Waals surface area contributed by atoms with E-state index in [1.807, 2.05) is 18.2 Å². The third-order valence-corrected chi connectivity index (χ3v) is 4.38. The summed E-state index contributed by atoms with van der Waals surface area (Å²) in [5.41, 5.74) is 0.958. The molecule has 2 amide bonds. The second-order valence-corrected chi connectivity index (χ2v) is 6.18. The van der Waals surface area contributed by atoms with Gasteiger partial charge in [0.2, 0.25) is 18.6 Å². The molecule has 0 saturated carbocycles. The summed E-state index contributed by atoms with van der Waals surface area (Å²) < 4.78 is 10.7. The first-order valence-electron chi connectivity index (χ1n) is 8.29.